The van der Waals surface area contributed by atoms with Gasteiger partial charge in [0.05, 0.1) is 12.8 Å². The minimum absolute atomic E-state index is 0.233. The van der Waals surface area contributed by atoms with Crippen molar-refractivity contribution in [3.05, 3.63) is 60.2 Å². The smallest absolute Gasteiger partial charge is 0.271 e. The Bertz CT molecular complexity index is 719. The molecule has 0 spiro atoms. The molecule has 3 aromatic heterocycles. The molecule has 6 heteroatoms. The number of amides is 1. The fourth-order valence-corrected chi connectivity index (χ4v) is 1.75. The van der Waals surface area contributed by atoms with E-state index in [9.17, 15) is 9.18 Å². The zero-order chi connectivity index (χ0) is 13.2. The van der Waals surface area contributed by atoms with Gasteiger partial charge in [-0.25, -0.2) is 9.37 Å². The normalized spacial score (nSPS) is 10.8. The van der Waals surface area contributed by atoms with Crippen LogP contribution in [-0.2, 0) is 6.54 Å². The predicted octanol–water partition coefficient (Wildman–Crippen LogP) is 2.00. The van der Waals surface area contributed by atoms with E-state index in [1.807, 2.05) is 0 Å². The number of hydrogen-bond acceptors (Lipinski definition) is 3. The van der Waals surface area contributed by atoms with Crippen LogP contribution < -0.4 is 5.32 Å². The molecule has 3 aromatic rings. The van der Waals surface area contributed by atoms with Crippen molar-refractivity contribution in [3.63, 3.8) is 0 Å². The molecule has 19 heavy (non-hydrogen) atoms. The summed E-state index contributed by atoms with van der Waals surface area (Å²) >= 11 is 0. The molecule has 5 nitrogen and oxygen atoms in total. The van der Waals surface area contributed by atoms with Crippen LogP contribution in [0, 0.1) is 5.82 Å². The number of rotatable bonds is 3. The van der Waals surface area contributed by atoms with E-state index in [4.69, 9.17) is 4.42 Å². The van der Waals surface area contributed by atoms with Gasteiger partial charge >= 0.3 is 0 Å². The average molecular weight is 259 g/mol. The van der Waals surface area contributed by atoms with E-state index in [2.05, 4.69) is 10.3 Å². The average Bonchev–Trinajstić information content (AvgIpc) is 3.04. The summed E-state index contributed by atoms with van der Waals surface area (Å²) in [6.07, 6.45) is 4.29. The van der Waals surface area contributed by atoms with Gasteiger partial charge in [-0.3, -0.25) is 4.79 Å². The summed E-state index contributed by atoms with van der Waals surface area (Å²) in [5, 5.41) is 2.67. The van der Waals surface area contributed by atoms with Crippen molar-refractivity contribution < 1.29 is 13.6 Å². The molecular formula is C13H10FN3O2. The Hall–Kier alpha value is -2.63. The van der Waals surface area contributed by atoms with Crippen molar-refractivity contribution in [2.45, 2.75) is 6.54 Å². The molecule has 0 radical (unpaired) electrons. The van der Waals surface area contributed by atoms with Crippen molar-refractivity contribution in [2.24, 2.45) is 0 Å². The van der Waals surface area contributed by atoms with Crippen LogP contribution in [-0.4, -0.2) is 15.3 Å². The van der Waals surface area contributed by atoms with E-state index in [-0.39, 0.29) is 24.0 Å². The van der Waals surface area contributed by atoms with Crippen LogP contribution in [0.15, 0.2) is 47.3 Å². The highest BCUT2D eigenvalue weighted by atomic mass is 19.1. The highest BCUT2D eigenvalue weighted by Gasteiger charge is 2.11. The molecular weight excluding hydrogens is 249 g/mol. The number of pyridine rings is 1. The number of imidazole rings is 1. The quantitative estimate of drug-likeness (QED) is 0.782. The van der Waals surface area contributed by atoms with Gasteiger partial charge in [0.2, 0.25) is 0 Å². The molecule has 0 aromatic carbocycles. The van der Waals surface area contributed by atoms with Gasteiger partial charge in [0.25, 0.3) is 5.91 Å². The second kappa shape index (κ2) is 4.56. The Balaban J connectivity index is 1.77. The Kier molecular flexibility index (Phi) is 2.75. The lowest BCUT2D eigenvalue weighted by Gasteiger charge is -1.99. The first-order chi connectivity index (χ1) is 9.22. The van der Waals surface area contributed by atoms with Gasteiger partial charge in [-0.1, -0.05) is 0 Å². The summed E-state index contributed by atoms with van der Waals surface area (Å²) in [5.41, 5.74) is 0.752. The first-order valence-electron chi connectivity index (χ1n) is 5.67. The lowest BCUT2D eigenvalue weighted by atomic mass is 10.4. The number of nitrogens with one attached hydrogen (secondary N) is 1. The second-order valence-corrected chi connectivity index (χ2v) is 4.00. The highest BCUT2D eigenvalue weighted by molar-refractivity contribution is 5.92. The fourth-order valence-electron chi connectivity index (χ4n) is 1.75. The molecule has 1 N–H and O–H groups in total. The summed E-state index contributed by atoms with van der Waals surface area (Å²) in [7, 11) is 0. The fraction of sp³-hybridized carbons (Fsp3) is 0.0769. The van der Waals surface area contributed by atoms with Crippen molar-refractivity contribution in [1.82, 2.24) is 14.7 Å². The zero-order valence-electron chi connectivity index (χ0n) is 9.84. The maximum absolute atomic E-state index is 13.0. The molecule has 0 atom stereocenters. The summed E-state index contributed by atoms with van der Waals surface area (Å²) in [6.45, 7) is 0.286. The van der Waals surface area contributed by atoms with Crippen LogP contribution in [0.4, 0.5) is 4.39 Å². The van der Waals surface area contributed by atoms with Gasteiger partial charge in [0.15, 0.2) is 0 Å². The molecule has 3 heterocycles. The van der Waals surface area contributed by atoms with Gasteiger partial charge in [0, 0.05) is 12.4 Å². The number of furan rings is 1. The number of carbonyl (C=O) groups is 1. The van der Waals surface area contributed by atoms with Crippen LogP contribution >= 0.6 is 0 Å². The van der Waals surface area contributed by atoms with E-state index in [1.54, 1.807) is 12.1 Å². The maximum Gasteiger partial charge on any atom is 0.271 e. The molecule has 0 saturated heterocycles. The minimum Gasteiger partial charge on any atom is -0.467 e. The molecule has 0 saturated carbocycles. The topological polar surface area (TPSA) is 59.5 Å². The predicted molar refractivity (Wildman–Crippen MR) is 65.0 cm³/mol. The molecule has 3 rings (SSSR count). The van der Waals surface area contributed by atoms with Gasteiger partial charge in [-0.15, -0.1) is 0 Å². The maximum atomic E-state index is 13.0. The minimum atomic E-state index is -0.382. The zero-order valence-corrected chi connectivity index (χ0v) is 9.84. The lowest BCUT2D eigenvalue weighted by Crippen LogP contribution is -2.22. The summed E-state index contributed by atoms with van der Waals surface area (Å²) in [5.74, 6) is -0.0592. The van der Waals surface area contributed by atoms with Crippen molar-refractivity contribution in [1.29, 1.82) is 0 Å². The molecule has 0 aliphatic heterocycles. The van der Waals surface area contributed by atoms with E-state index in [0.717, 1.165) is 0 Å². The van der Waals surface area contributed by atoms with Gasteiger partial charge in [0.1, 0.15) is 22.9 Å². The molecule has 0 aliphatic carbocycles. The van der Waals surface area contributed by atoms with Crippen molar-refractivity contribution >= 4 is 11.6 Å². The third kappa shape index (κ3) is 2.33. The molecule has 1 amide bonds. The number of halogens is 1. The van der Waals surface area contributed by atoms with Crippen LogP contribution in [0.25, 0.3) is 5.65 Å². The van der Waals surface area contributed by atoms with Gasteiger partial charge in [-0.05, 0) is 24.3 Å². The van der Waals surface area contributed by atoms with Crippen LogP contribution in [0.5, 0.6) is 0 Å². The molecule has 0 unspecified atom stereocenters. The number of fused-ring (bicyclic) bond motifs is 1. The van der Waals surface area contributed by atoms with Crippen molar-refractivity contribution in [3.8, 4) is 0 Å². The number of hydrogen-bond donors (Lipinski definition) is 1. The summed E-state index contributed by atoms with van der Waals surface area (Å²) in [6, 6.07) is 6.32. The highest BCUT2D eigenvalue weighted by Crippen LogP contribution is 2.07. The third-order valence-electron chi connectivity index (χ3n) is 2.65. The molecule has 0 aliphatic rings. The van der Waals surface area contributed by atoms with Crippen LogP contribution in [0.3, 0.4) is 0 Å². The molecule has 0 bridgehead atoms. The largest absolute Gasteiger partial charge is 0.467 e. The Morgan fingerprint density at radius 3 is 3.05 bits per heavy atom. The summed E-state index contributed by atoms with van der Waals surface area (Å²) in [4.78, 5) is 16.0. The van der Waals surface area contributed by atoms with E-state index < -0.39 is 0 Å². The third-order valence-corrected chi connectivity index (χ3v) is 2.65. The summed E-state index contributed by atoms with van der Waals surface area (Å²) < 4.78 is 19.6. The van der Waals surface area contributed by atoms with Gasteiger partial charge in [-0.2, -0.15) is 0 Å². The van der Waals surface area contributed by atoms with Crippen LogP contribution in [0.1, 0.15) is 16.2 Å². The Morgan fingerprint density at radius 1 is 1.37 bits per heavy atom. The number of aromatic nitrogens is 2. The van der Waals surface area contributed by atoms with E-state index in [0.29, 0.717) is 11.4 Å². The first kappa shape index (κ1) is 11.5. The van der Waals surface area contributed by atoms with Gasteiger partial charge < -0.3 is 14.1 Å². The number of carbonyl (C=O) groups excluding carboxylic acids is 1. The van der Waals surface area contributed by atoms with E-state index >= 15 is 0 Å². The monoisotopic (exact) mass is 259 g/mol. The first-order valence-corrected chi connectivity index (χ1v) is 5.67. The lowest BCUT2D eigenvalue weighted by molar-refractivity contribution is 0.0943. The van der Waals surface area contributed by atoms with E-state index in [1.165, 1.54) is 35.2 Å². The molecule has 96 valence electrons. The Morgan fingerprint density at radius 2 is 2.26 bits per heavy atom. The SMILES string of the molecule is O=C(NCc1ccco1)c1cn2cc(F)ccc2n1. The molecule has 0 fully saturated rings. The standard InChI is InChI=1S/C13H10FN3O2/c14-9-3-4-12-16-11(8-17(12)7-9)13(18)15-6-10-2-1-5-19-10/h1-5,7-8H,6H2,(H,15,18). The second-order valence-electron chi connectivity index (χ2n) is 4.00. The van der Waals surface area contributed by atoms with Crippen LogP contribution in [0.2, 0.25) is 0 Å². The Labute approximate surface area is 107 Å². The number of nitrogens with zero attached hydrogens (tertiary/aromatic N) is 2. The van der Waals surface area contributed by atoms with Crippen molar-refractivity contribution in [2.75, 3.05) is 0 Å².